The normalized spacial score (nSPS) is 26.9. The average molecular weight is 274 g/mol. The zero-order valence-electron chi connectivity index (χ0n) is 12.7. The Labute approximate surface area is 122 Å². The van der Waals surface area contributed by atoms with Crippen molar-refractivity contribution in [2.24, 2.45) is 0 Å². The molecule has 0 saturated carbocycles. The van der Waals surface area contributed by atoms with Crippen LogP contribution in [0.1, 0.15) is 37.3 Å². The lowest BCUT2D eigenvalue weighted by Crippen LogP contribution is -2.47. The lowest BCUT2D eigenvalue weighted by molar-refractivity contribution is -0.0527. The molecule has 1 N–H and O–H groups in total. The summed E-state index contributed by atoms with van der Waals surface area (Å²) >= 11 is 0. The third-order valence-electron chi connectivity index (χ3n) is 4.82. The molecule has 2 aliphatic rings. The van der Waals surface area contributed by atoms with Gasteiger partial charge >= 0.3 is 0 Å². The van der Waals surface area contributed by atoms with Gasteiger partial charge in [0.1, 0.15) is 0 Å². The van der Waals surface area contributed by atoms with Crippen LogP contribution in [0.25, 0.3) is 0 Å². The summed E-state index contributed by atoms with van der Waals surface area (Å²) in [5.74, 6) is 0. The number of methoxy groups -OCH3 is 1. The third kappa shape index (κ3) is 2.84. The van der Waals surface area contributed by atoms with Crippen LogP contribution < -0.4 is 5.32 Å². The van der Waals surface area contributed by atoms with Crippen molar-refractivity contribution in [3.05, 3.63) is 29.3 Å². The lowest BCUT2D eigenvalue weighted by atomic mass is 9.93. The maximum atomic E-state index is 5.71. The molecule has 0 radical (unpaired) electrons. The average Bonchev–Trinajstić information content (AvgIpc) is 2.48. The van der Waals surface area contributed by atoms with Gasteiger partial charge in [-0.2, -0.15) is 0 Å². The molecule has 3 heteroatoms. The summed E-state index contributed by atoms with van der Waals surface area (Å²) in [4.78, 5) is 2.55. The molecule has 20 heavy (non-hydrogen) atoms. The van der Waals surface area contributed by atoms with Crippen molar-refractivity contribution in [2.45, 2.75) is 44.8 Å². The minimum atomic E-state index is 0.0331. The van der Waals surface area contributed by atoms with Crippen LogP contribution in [0, 0.1) is 0 Å². The van der Waals surface area contributed by atoms with Crippen molar-refractivity contribution in [3.8, 4) is 0 Å². The maximum absolute atomic E-state index is 5.71. The van der Waals surface area contributed by atoms with Crippen molar-refractivity contribution >= 4 is 5.69 Å². The molecule has 1 fully saturated rings. The fourth-order valence-electron chi connectivity index (χ4n) is 3.58. The molecule has 3 nitrogen and oxygen atoms in total. The van der Waals surface area contributed by atoms with E-state index in [0.717, 1.165) is 19.6 Å². The van der Waals surface area contributed by atoms with Gasteiger partial charge in [-0.1, -0.05) is 12.1 Å². The van der Waals surface area contributed by atoms with E-state index in [4.69, 9.17) is 4.74 Å². The van der Waals surface area contributed by atoms with Gasteiger partial charge in [0.15, 0.2) is 0 Å². The van der Waals surface area contributed by atoms with E-state index in [9.17, 15) is 0 Å². The second-order valence-electron chi connectivity index (χ2n) is 6.44. The van der Waals surface area contributed by atoms with Gasteiger partial charge < -0.3 is 10.1 Å². The van der Waals surface area contributed by atoms with Gasteiger partial charge in [0.25, 0.3) is 0 Å². The van der Waals surface area contributed by atoms with Crippen molar-refractivity contribution in [2.75, 3.05) is 32.1 Å². The SMILES string of the molecule is COC1(C)CCCN(Cc2cccc3c2CCCN3)C1. The summed E-state index contributed by atoms with van der Waals surface area (Å²) < 4.78 is 5.71. The number of anilines is 1. The van der Waals surface area contributed by atoms with Gasteiger partial charge in [0.2, 0.25) is 0 Å². The first-order valence-electron chi connectivity index (χ1n) is 7.82. The molecule has 1 atom stereocenters. The molecular weight excluding hydrogens is 248 g/mol. The number of ether oxygens (including phenoxy) is 1. The van der Waals surface area contributed by atoms with E-state index in [1.54, 1.807) is 0 Å². The summed E-state index contributed by atoms with van der Waals surface area (Å²) in [5, 5.41) is 3.52. The van der Waals surface area contributed by atoms with E-state index in [0.29, 0.717) is 0 Å². The molecule has 1 unspecified atom stereocenters. The summed E-state index contributed by atoms with van der Waals surface area (Å²) in [6.45, 7) is 6.64. The zero-order chi connectivity index (χ0) is 14.0. The first kappa shape index (κ1) is 13.9. The van der Waals surface area contributed by atoms with Crippen LogP contribution in [0.15, 0.2) is 18.2 Å². The number of likely N-dealkylation sites (tertiary alicyclic amines) is 1. The van der Waals surface area contributed by atoms with Crippen LogP contribution in [0.4, 0.5) is 5.69 Å². The number of nitrogens with zero attached hydrogens (tertiary/aromatic N) is 1. The fourth-order valence-corrected chi connectivity index (χ4v) is 3.58. The highest BCUT2D eigenvalue weighted by molar-refractivity contribution is 5.56. The Morgan fingerprint density at radius 1 is 1.35 bits per heavy atom. The predicted molar refractivity (Wildman–Crippen MR) is 83.2 cm³/mol. The van der Waals surface area contributed by atoms with Crippen molar-refractivity contribution in [1.82, 2.24) is 4.90 Å². The minimum absolute atomic E-state index is 0.0331. The molecule has 1 aromatic rings. The zero-order valence-corrected chi connectivity index (χ0v) is 12.7. The van der Waals surface area contributed by atoms with Crippen LogP contribution in [-0.2, 0) is 17.7 Å². The van der Waals surface area contributed by atoms with Gasteiger partial charge in [-0.25, -0.2) is 0 Å². The Morgan fingerprint density at radius 3 is 3.10 bits per heavy atom. The Hall–Kier alpha value is -1.06. The Bertz CT molecular complexity index is 474. The summed E-state index contributed by atoms with van der Waals surface area (Å²) in [5.41, 5.74) is 4.41. The van der Waals surface area contributed by atoms with Gasteiger partial charge in [-0.05, 0) is 56.3 Å². The van der Waals surface area contributed by atoms with Crippen molar-refractivity contribution in [3.63, 3.8) is 0 Å². The molecule has 0 bridgehead atoms. The van der Waals surface area contributed by atoms with Gasteiger partial charge in [-0.15, -0.1) is 0 Å². The molecule has 1 saturated heterocycles. The quantitative estimate of drug-likeness (QED) is 0.917. The van der Waals surface area contributed by atoms with E-state index in [1.807, 2.05) is 7.11 Å². The number of benzene rings is 1. The first-order valence-corrected chi connectivity index (χ1v) is 7.82. The van der Waals surface area contributed by atoms with E-state index in [1.165, 1.54) is 49.0 Å². The number of fused-ring (bicyclic) bond motifs is 1. The predicted octanol–water partition coefficient (Wildman–Crippen LogP) is 3.05. The van der Waals surface area contributed by atoms with Gasteiger partial charge in [-0.3, -0.25) is 4.90 Å². The number of nitrogens with one attached hydrogen (secondary N) is 1. The highest BCUT2D eigenvalue weighted by Crippen LogP contribution is 2.29. The molecule has 3 rings (SSSR count). The topological polar surface area (TPSA) is 24.5 Å². The second kappa shape index (κ2) is 5.74. The van der Waals surface area contributed by atoms with Crippen LogP contribution >= 0.6 is 0 Å². The van der Waals surface area contributed by atoms with Crippen molar-refractivity contribution in [1.29, 1.82) is 0 Å². The Kier molecular flexibility index (Phi) is 3.99. The number of rotatable bonds is 3. The molecule has 110 valence electrons. The van der Waals surface area contributed by atoms with Gasteiger partial charge in [0, 0.05) is 32.4 Å². The fraction of sp³-hybridized carbons (Fsp3) is 0.647. The number of hydrogen-bond acceptors (Lipinski definition) is 3. The smallest absolute Gasteiger partial charge is 0.0777 e. The van der Waals surface area contributed by atoms with Crippen LogP contribution in [0.3, 0.4) is 0 Å². The Balaban J connectivity index is 1.75. The minimum Gasteiger partial charge on any atom is -0.385 e. The van der Waals surface area contributed by atoms with Crippen LogP contribution in [-0.4, -0.2) is 37.2 Å². The van der Waals surface area contributed by atoms with Crippen LogP contribution in [0.2, 0.25) is 0 Å². The number of hydrogen-bond donors (Lipinski definition) is 1. The largest absolute Gasteiger partial charge is 0.385 e. The first-order chi connectivity index (χ1) is 9.70. The standard InChI is InChI=1S/C17H26N2O/c1-17(20-2)9-5-11-19(13-17)12-14-6-3-8-16-15(14)7-4-10-18-16/h3,6,8,18H,4-5,7,9-13H2,1-2H3. The van der Waals surface area contributed by atoms with Crippen molar-refractivity contribution < 1.29 is 4.74 Å². The summed E-state index contributed by atoms with van der Waals surface area (Å²) in [6.07, 6.45) is 4.87. The van der Waals surface area contributed by atoms with E-state index >= 15 is 0 Å². The molecule has 2 aliphatic heterocycles. The molecular formula is C17H26N2O. The molecule has 2 heterocycles. The summed E-state index contributed by atoms with van der Waals surface area (Å²) in [6, 6.07) is 6.70. The molecule has 0 aromatic heterocycles. The molecule has 1 aromatic carbocycles. The highest BCUT2D eigenvalue weighted by Gasteiger charge is 2.31. The molecule has 0 amide bonds. The lowest BCUT2D eigenvalue weighted by Gasteiger charge is -2.40. The monoisotopic (exact) mass is 274 g/mol. The number of piperidine rings is 1. The second-order valence-corrected chi connectivity index (χ2v) is 6.44. The molecule has 0 aliphatic carbocycles. The summed E-state index contributed by atoms with van der Waals surface area (Å²) in [7, 11) is 1.85. The maximum Gasteiger partial charge on any atom is 0.0777 e. The highest BCUT2D eigenvalue weighted by atomic mass is 16.5. The Morgan fingerprint density at radius 2 is 2.25 bits per heavy atom. The van der Waals surface area contributed by atoms with E-state index in [-0.39, 0.29) is 5.60 Å². The van der Waals surface area contributed by atoms with E-state index < -0.39 is 0 Å². The third-order valence-corrected chi connectivity index (χ3v) is 4.82. The van der Waals surface area contributed by atoms with Crippen LogP contribution in [0.5, 0.6) is 0 Å². The molecule has 0 spiro atoms. The van der Waals surface area contributed by atoms with Gasteiger partial charge in [0.05, 0.1) is 5.60 Å². The van der Waals surface area contributed by atoms with E-state index in [2.05, 4.69) is 35.3 Å².